The number of hydrogen-bond donors (Lipinski definition) is 1. The molecule has 1 heterocycles. The summed E-state index contributed by atoms with van der Waals surface area (Å²) >= 11 is 3.54. The number of benzene rings is 1. The second kappa shape index (κ2) is 5.42. The van der Waals surface area contributed by atoms with Gasteiger partial charge in [0.05, 0.1) is 11.6 Å². The van der Waals surface area contributed by atoms with Crippen LogP contribution in [-0.4, -0.2) is 29.6 Å². The lowest BCUT2D eigenvalue weighted by molar-refractivity contribution is -0.217. The van der Waals surface area contributed by atoms with E-state index in [-0.39, 0.29) is 17.8 Å². The Kier molecular flexibility index (Phi) is 3.93. The molecule has 0 bridgehead atoms. The third-order valence-electron chi connectivity index (χ3n) is 5.77. The van der Waals surface area contributed by atoms with Gasteiger partial charge in [-0.15, -0.1) is 0 Å². The number of halogens is 1. The molecule has 2 aliphatic rings. The second-order valence-electron chi connectivity index (χ2n) is 7.07. The fourth-order valence-electron chi connectivity index (χ4n) is 3.78. The van der Waals surface area contributed by atoms with Crippen molar-refractivity contribution in [2.75, 3.05) is 7.11 Å². The van der Waals surface area contributed by atoms with Crippen molar-refractivity contribution >= 4 is 27.5 Å². The van der Waals surface area contributed by atoms with Crippen molar-refractivity contribution in [2.24, 2.45) is 5.41 Å². The second-order valence-corrected chi connectivity index (χ2v) is 7.86. The molecule has 1 N–H and O–H groups in total. The predicted octanol–water partition coefficient (Wildman–Crippen LogP) is 3.19. The third kappa shape index (κ3) is 2.04. The van der Waals surface area contributed by atoms with Gasteiger partial charge in [0.2, 0.25) is 5.78 Å². The minimum Gasteiger partial charge on any atom is -0.495 e. The minimum atomic E-state index is -2.20. The maximum Gasteiger partial charge on any atom is 0.285 e. The van der Waals surface area contributed by atoms with Gasteiger partial charge in [-0.25, -0.2) is 0 Å². The van der Waals surface area contributed by atoms with Crippen LogP contribution in [0.2, 0.25) is 0 Å². The maximum absolute atomic E-state index is 13.0. The molecule has 1 aliphatic heterocycles. The zero-order valence-electron chi connectivity index (χ0n) is 15.2. The van der Waals surface area contributed by atoms with Crippen LogP contribution in [0.4, 0.5) is 0 Å². The molecule has 0 aromatic heterocycles. The average Bonchev–Trinajstić information content (AvgIpc) is 2.58. The largest absolute Gasteiger partial charge is 0.495 e. The Balaban J connectivity index is 2.33. The van der Waals surface area contributed by atoms with E-state index in [1.165, 1.54) is 0 Å². The molecular formula is C19H21BrO5. The van der Waals surface area contributed by atoms with Gasteiger partial charge in [0.15, 0.2) is 5.78 Å². The van der Waals surface area contributed by atoms with Gasteiger partial charge in [-0.1, -0.05) is 0 Å². The Morgan fingerprint density at radius 1 is 1.08 bits per heavy atom. The molecule has 0 radical (unpaired) electrons. The van der Waals surface area contributed by atoms with E-state index in [4.69, 9.17) is 9.47 Å². The monoisotopic (exact) mass is 408 g/mol. The van der Waals surface area contributed by atoms with Crippen LogP contribution in [-0.2, 0) is 16.0 Å². The van der Waals surface area contributed by atoms with Crippen molar-refractivity contribution in [3.63, 3.8) is 0 Å². The van der Waals surface area contributed by atoms with Crippen molar-refractivity contribution in [1.29, 1.82) is 0 Å². The molecule has 1 aromatic carbocycles. The van der Waals surface area contributed by atoms with E-state index in [2.05, 4.69) is 15.9 Å². The highest BCUT2D eigenvalue weighted by atomic mass is 79.9. The van der Waals surface area contributed by atoms with Crippen LogP contribution < -0.4 is 9.47 Å². The van der Waals surface area contributed by atoms with Gasteiger partial charge in [0, 0.05) is 11.1 Å². The Labute approximate surface area is 155 Å². The summed E-state index contributed by atoms with van der Waals surface area (Å²) in [4.78, 5) is 25.8. The van der Waals surface area contributed by atoms with Gasteiger partial charge in [-0.2, -0.15) is 0 Å². The first-order valence-corrected chi connectivity index (χ1v) is 8.84. The van der Waals surface area contributed by atoms with Crippen LogP contribution in [0.25, 0.3) is 0 Å². The summed E-state index contributed by atoms with van der Waals surface area (Å²) in [6.45, 7) is 8.47. The summed E-state index contributed by atoms with van der Waals surface area (Å²) in [5.74, 6) is -1.94. The first-order chi connectivity index (χ1) is 11.5. The van der Waals surface area contributed by atoms with E-state index in [1.54, 1.807) is 27.9 Å². The molecule has 0 amide bonds. The lowest BCUT2D eigenvalue weighted by atomic mass is 9.63. The maximum atomic E-state index is 13.0. The number of fused-ring (bicyclic) bond motifs is 2. The zero-order chi connectivity index (χ0) is 18.9. The van der Waals surface area contributed by atoms with E-state index >= 15 is 0 Å². The number of ketones is 2. The van der Waals surface area contributed by atoms with E-state index in [0.717, 1.165) is 16.7 Å². The highest BCUT2D eigenvalue weighted by Gasteiger charge is 2.65. The molecule has 0 unspecified atom stereocenters. The quantitative estimate of drug-likeness (QED) is 0.772. The van der Waals surface area contributed by atoms with Crippen molar-refractivity contribution in [1.82, 2.24) is 0 Å². The molecule has 2 atom stereocenters. The van der Waals surface area contributed by atoms with E-state index in [9.17, 15) is 14.7 Å². The molecule has 0 fully saturated rings. The Bertz CT molecular complexity index is 869. The number of allylic oxidation sites excluding steroid dienone is 1. The number of Topliss-reactive ketones (excluding diaryl/α,β-unsaturated/α-hetero) is 2. The predicted molar refractivity (Wildman–Crippen MR) is 95.9 cm³/mol. The molecule has 134 valence electrons. The van der Waals surface area contributed by atoms with Crippen LogP contribution in [0.1, 0.15) is 37.5 Å². The number of ether oxygens (including phenoxy) is 2. The molecule has 1 aliphatic carbocycles. The third-order valence-corrected chi connectivity index (χ3v) is 6.61. The first-order valence-electron chi connectivity index (χ1n) is 8.05. The number of hydrogen-bond acceptors (Lipinski definition) is 5. The summed E-state index contributed by atoms with van der Waals surface area (Å²) in [5, 5.41) is 11.2. The summed E-state index contributed by atoms with van der Waals surface area (Å²) in [5.41, 5.74) is 1.57. The molecule has 0 saturated carbocycles. The van der Waals surface area contributed by atoms with Gasteiger partial charge in [0.1, 0.15) is 16.9 Å². The smallest absolute Gasteiger partial charge is 0.285 e. The van der Waals surface area contributed by atoms with Crippen molar-refractivity contribution < 1.29 is 24.2 Å². The normalized spacial score (nSPS) is 28.5. The molecule has 0 saturated heterocycles. The lowest BCUT2D eigenvalue weighted by Gasteiger charge is -2.49. The Hall–Kier alpha value is -1.66. The first kappa shape index (κ1) is 18.1. The van der Waals surface area contributed by atoms with E-state index < -0.39 is 17.0 Å². The van der Waals surface area contributed by atoms with Gasteiger partial charge < -0.3 is 14.6 Å². The highest BCUT2D eigenvalue weighted by molar-refractivity contribution is 9.10. The molecule has 25 heavy (non-hydrogen) atoms. The van der Waals surface area contributed by atoms with Crippen molar-refractivity contribution in [2.45, 2.75) is 46.8 Å². The van der Waals surface area contributed by atoms with Crippen LogP contribution >= 0.6 is 15.9 Å². The Morgan fingerprint density at radius 3 is 2.20 bits per heavy atom. The highest BCUT2D eigenvalue weighted by Crippen LogP contribution is 2.54. The van der Waals surface area contributed by atoms with Gasteiger partial charge in [-0.05, 0) is 73.7 Å². The fourth-order valence-corrected chi connectivity index (χ4v) is 4.56. The fraction of sp³-hybridized carbons (Fsp3) is 0.474. The van der Waals surface area contributed by atoms with E-state index in [0.29, 0.717) is 21.5 Å². The molecule has 6 heteroatoms. The SMILES string of the molecule is COc1c(C)c(C)c2c(c1Br)C[C@@]1(C)C(=O)C(C)=C(C)C(=O)[C@@]1(O)O2. The van der Waals surface area contributed by atoms with Crippen molar-refractivity contribution in [3.05, 3.63) is 32.3 Å². The molecular weight excluding hydrogens is 388 g/mol. The number of rotatable bonds is 1. The van der Waals surface area contributed by atoms with E-state index in [1.807, 2.05) is 13.8 Å². The zero-order valence-corrected chi connectivity index (χ0v) is 16.8. The van der Waals surface area contributed by atoms with Crippen LogP contribution in [0.3, 0.4) is 0 Å². The minimum absolute atomic E-state index is 0.173. The topological polar surface area (TPSA) is 72.8 Å². The van der Waals surface area contributed by atoms with Gasteiger partial charge in [0.25, 0.3) is 5.79 Å². The summed E-state index contributed by atoms with van der Waals surface area (Å²) < 4.78 is 12.0. The van der Waals surface area contributed by atoms with Crippen LogP contribution in [0.15, 0.2) is 15.6 Å². The summed E-state index contributed by atoms with van der Waals surface area (Å²) in [6.07, 6.45) is 0.173. The standard InChI is InChI=1S/C19H21BrO5/c1-8-9(2)15(24-6)13(20)12-7-18(5)16(21)10(3)11(4)17(22)19(18,23)25-14(8)12/h23H,7H2,1-6H3/t18-,19+/m0/s1. The number of carbonyl (C=O) groups excluding carboxylic acids is 2. The Morgan fingerprint density at radius 2 is 1.64 bits per heavy atom. The van der Waals surface area contributed by atoms with Gasteiger partial charge in [-0.3, -0.25) is 9.59 Å². The van der Waals surface area contributed by atoms with Gasteiger partial charge >= 0.3 is 0 Å². The number of aliphatic hydroxyl groups is 1. The lowest BCUT2D eigenvalue weighted by Crippen LogP contribution is -2.66. The molecule has 5 nitrogen and oxygen atoms in total. The summed E-state index contributed by atoms with van der Waals surface area (Å²) in [6, 6.07) is 0. The number of carbonyl (C=O) groups is 2. The number of methoxy groups -OCH3 is 1. The summed E-state index contributed by atoms with van der Waals surface area (Å²) in [7, 11) is 1.58. The van der Waals surface area contributed by atoms with Crippen LogP contribution in [0, 0.1) is 19.3 Å². The molecule has 1 aromatic rings. The van der Waals surface area contributed by atoms with Crippen molar-refractivity contribution in [3.8, 4) is 11.5 Å². The van der Waals surface area contributed by atoms with Crippen LogP contribution in [0.5, 0.6) is 11.5 Å². The molecule has 3 rings (SSSR count). The molecule has 0 spiro atoms. The average molecular weight is 409 g/mol.